The van der Waals surface area contributed by atoms with E-state index in [1.54, 1.807) is 32.2 Å². The minimum absolute atomic E-state index is 0.839. The zero-order valence-electron chi connectivity index (χ0n) is 13.8. The molecule has 14 unspecified atom stereocenters. The van der Waals surface area contributed by atoms with Gasteiger partial charge in [-0.25, -0.2) is 0 Å². The normalized spacial score (nSPS) is 105. The Bertz CT molecular complexity index is 925. The molecule has 0 aromatic heterocycles. The van der Waals surface area contributed by atoms with E-state index in [1.807, 2.05) is 0 Å². The van der Waals surface area contributed by atoms with E-state index in [-0.39, 0.29) is 0 Å². The quantitative estimate of drug-likeness (QED) is 0.665. The summed E-state index contributed by atoms with van der Waals surface area (Å²) in [5.74, 6) is 11.1. The Kier molecular flexibility index (Phi) is 0.736. The second-order valence-corrected chi connectivity index (χ2v) is 13.1. The molecule has 0 aromatic rings. The third-order valence-corrected chi connectivity index (χ3v) is 15.4. The molecule has 2 heterocycles. The highest BCUT2D eigenvalue weighted by Crippen LogP contribution is 3.24. The van der Waals surface area contributed by atoms with Crippen molar-refractivity contribution in [3.05, 3.63) is 0 Å². The molecule has 16 atom stereocenters. The van der Waals surface area contributed by atoms with Crippen LogP contribution in [0.5, 0.6) is 0 Å². The van der Waals surface area contributed by atoms with Crippen molar-refractivity contribution in [3.8, 4) is 0 Å². The van der Waals surface area contributed by atoms with Crippen LogP contribution < -0.4 is 0 Å². The van der Waals surface area contributed by atoms with E-state index in [0.717, 1.165) is 38.7 Å². The summed E-state index contributed by atoms with van der Waals surface area (Å²) >= 11 is 0. The second-order valence-electron chi connectivity index (χ2n) is 13.1. The molecule has 116 valence electrons. The van der Waals surface area contributed by atoms with Gasteiger partial charge >= 0.3 is 0 Å². The van der Waals surface area contributed by atoms with Crippen LogP contribution in [-0.2, 0) is 0 Å². The summed E-state index contributed by atoms with van der Waals surface area (Å²) in [5.41, 5.74) is 5.52. The largest absolute Gasteiger partial charge is 0.292 e. The summed E-state index contributed by atoms with van der Waals surface area (Å²) in [6.07, 6.45) is 6.91. The molecule has 0 radical (unpaired) electrons. The van der Waals surface area contributed by atoms with Gasteiger partial charge in [-0.2, -0.15) is 0 Å². The van der Waals surface area contributed by atoms with Gasteiger partial charge in [-0.3, -0.25) is 4.90 Å². The van der Waals surface area contributed by atoms with Gasteiger partial charge in [0.1, 0.15) is 0 Å². The predicted octanol–water partition coefficient (Wildman–Crippen LogP) is 2.62. The molecular formula is C22H23N. The first-order valence-electron chi connectivity index (χ1n) is 11.0. The molecule has 2 saturated heterocycles. The lowest BCUT2D eigenvalue weighted by Gasteiger charge is -3.17. The Labute approximate surface area is 136 Å². The van der Waals surface area contributed by atoms with Gasteiger partial charge < -0.3 is 0 Å². The van der Waals surface area contributed by atoms with Crippen molar-refractivity contribution in [3.63, 3.8) is 0 Å². The van der Waals surface area contributed by atoms with Gasteiger partial charge in [0.05, 0.1) is 0 Å². The van der Waals surface area contributed by atoms with Crippen LogP contribution in [0.15, 0.2) is 0 Å². The fraction of sp³-hybridized carbons (Fsp3) is 1.00. The first kappa shape index (κ1) is 9.60. The highest BCUT2D eigenvalue weighted by atomic mass is 15.6. The maximum Gasteiger partial charge on any atom is 0.0406 e. The Hall–Kier alpha value is -0.0400. The first-order valence-corrected chi connectivity index (χ1v) is 11.0. The van der Waals surface area contributed by atoms with E-state index in [2.05, 4.69) is 11.8 Å². The Morgan fingerprint density at radius 2 is 1.83 bits per heavy atom. The van der Waals surface area contributed by atoms with Crippen molar-refractivity contribution in [2.24, 2.45) is 80.3 Å². The number of hydrogen-bond donors (Lipinski definition) is 0. The summed E-state index contributed by atoms with van der Waals surface area (Å²) in [6.45, 7) is 4.40. The average Bonchev–Trinajstić information content (AvgIpc) is 3.12. The molecule has 11 saturated carbocycles. The lowest BCUT2D eigenvalue weighted by atomic mass is 8.91. The van der Waals surface area contributed by atoms with Gasteiger partial charge in [0.15, 0.2) is 0 Å². The number of fused-ring (bicyclic) bond motifs is 3. The summed E-state index contributed by atoms with van der Waals surface area (Å²) in [5, 5.41) is 0. The van der Waals surface area contributed by atoms with E-state index in [9.17, 15) is 0 Å². The highest BCUT2D eigenvalue weighted by molar-refractivity contribution is 5.75. The molecule has 0 amide bonds. The smallest absolute Gasteiger partial charge is 0.0406 e. The highest BCUT2D eigenvalue weighted by Gasteiger charge is 3.26. The van der Waals surface area contributed by atoms with Crippen molar-refractivity contribution in [2.75, 3.05) is 6.54 Å². The molecule has 23 heavy (non-hydrogen) atoms. The van der Waals surface area contributed by atoms with E-state index >= 15 is 0 Å². The molecule has 2 aliphatic heterocycles. The van der Waals surface area contributed by atoms with Gasteiger partial charge in [-0.15, -0.1) is 0 Å². The van der Waals surface area contributed by atoms with Crippen LogP contribution in [0.25, 0.3) is 0 Å². The van der Waals surface area contributed by atoms with E-state index in [0.29, 0.717) is 0 Å². The fourth-order valence-corrected chi connectivity index (χ4v) is 17.8. The first-order chi connectivity index (χ1) is 11.2. The minimum Gasteiger partial charge on any atom is -0.292 e. The minimum atomic E-state index is 0.839. The van der Waals surface area contributed by atoms with Gasteiger partial charge in [0, 0.05) is 29.0 Å². The summed E-state index contributed by atoms with van der Waals surface area (Å²) in [4.78, 5) is 3.22. The van der Waals surface area contributed by atoms with E-state index < -0.39 is 0 Å². The van der Waals surface area contributed by atoms with Crippen LogP contribution in [0.4, 0.5) is 0 Å². The number of piperidine rings is 3. The Morgan fingerprint density at radius 3 is 2.78 bits per heavy atom. The Morgan fingerprint density at radius 1 is 0.913 bits per heavy atom. The summed E-state index contributed by atoms with van der Waals surface area (Å²) in [6, 6.07) is 1.15. The molecular weight excluding hydrogens is 278 g/mol. The topological polar surface area (TPSA) is 3.24 Å². The van der Waals surface area contributed by atoms with Crippen LogP contribution in [0.3, 0.4) is 0 Å². The summed E-state index contributed by atoms with van der Waals surface area (Å²) < 4.78 is 0. The van der Waals surface area contributed by atoms with Crippen molar-refractivity contribution in [2.45, 2.75) is 44.2 Å². The molecule has 11 aliphatic carbocycles. The average molecular weight is 301 g/mol. The van der Waals surface area contributed by atoms with Crippen molar-refractivity contribution in [1.29, 1.82) is 0 Å². The van der Waals surface area contributed by atoms with Crippen molar-refractivity contribution in [1.82, 2.24) is 4.90 Å². The number of nitrogens with zero attached hydrogens (tertiary/aromatic N) is 1. The van der Waals surface area contributed by atoms with E-state index in [4.69, 9.17) is 0 Å². The standard InChI is InChI=1S/C22H23N/c1-17-6-18-19-10-3-7-2-9(17)15-12-5-23-16-11(19)4-8(13(7)19)14(10)20(16,18)22(12,23)21(15,17)18/h7-16H,2-6H2,1H3/t7?,8?,9?,10?,11?,12?,13?,14?,15?,16?,17-,18?,19?,20?,21-,22?/m0/s1. The zero-order valence-corrected chi connectivity index (χ0v) is 13.8. The van der Waals surface area contributed by atoms with Crippen LogP contribution in [-0.4, -0.2) is 23.0 Å². The predicted molar refractivity (Wildman–Crippen MR) is 80.9 cm³/mol. The Balaban J connectivity index is 1.41. The molecule has 1 nitrogen and oxygen atoms in total. The maximum absolute atomic E-state index is 3.22. The number of hydrogen-bond acceptors (Lipinski definition) is 1. The fourth-order valence-electron chi connectivity index (χ4n) is 17.8. The molecule has 1 heteroatoms. The van der Waals surface area contributed by atoms with Gasteiger partial charge in [0.2, 0.25) is 0 Å². The molecule has 5 spiro atoms. The second kappa shape index (κ2) is 1.76. The molecule has 13 rings (SSSR count). The van der Waals surface area contributed by atoms with E-state index in [1.165, 1.54) is 53.3 Å². The molecule has 13 aliphatic rings. The van der Waals surface area contributed by atoms with Crippen LogP contribution in [0.2, 0.25) is 0 Å². The molecule has 0 aromatic carbocycles. The van der Waals surface area contributed by atoms with Crippen LogP contribution >= 0.6 is 0 Å². The van der Waals surface area contributed by atoms with Crippen molar-refractivity contribution < 1.29 is 0 Å². The van der Waals surface area contributed by atoms with Crippen molar-refractivity contribution >= 4 is 0 Å². The van der Waals surface area contributed by atoms with Crippen LogP contribution in [0.1, 0.15) is 32.6 Å². The molecule has 13 fully saturated rings. The lowest BCUT2D eigenvalue weighted by Crippen LogP contribution is -3.22. The number of rotatable bonds is 0. The maximum atomic E-state index is 3.22. The van der Waals surface area contributed by atoms with Gasteiger partial charge in [-0.05, 0) is 95.2 Å². The van der Waals surface area contributed by atoms with Gasteiger partial charge in [0.25, 0.3) is 0 Å². The third kappa shape index (κ3) is 0.334. The molecule has 11 bridgehead atoms. The monoisotopic (exact) mass is 301 g/mol. The SMILES string of the molecule is C[C@]12CC34C56C7CC8CC1C1C9CN%10C%11C5CC(C86)C7C%113C9%10[C@]142. The lowest BCUT2D eigenvalue weighted by molar-refractivity contribution is -0.695. The zero-order chi connectivity index (χ0) is 13.9. The third-order valence-electron chi connectivity index (χ3n) is 15.4. The van der Waals surface area contributed by atoms with Gasteiger partial charge in [-0.1, -0.05) is 6.92 Å². The summed E-state index contributed by atoms with van der Waals surface area (Å²) in [7, 11) is 0. The van der Waals surface area contributed by atoms with Crippen LogP contribution in [0, 0.1) is 80.3 Å². The molecule has 0 N–H and O–H groups in total.